The highest BCUT2D eigenvalue weighted by Crippen LogP contribution is 2.29. The van der Waals surface area contributed by atoms with Crippen molar-refractivity contribution in [2.45, 2.75) is 12.3 Å². The second kappa shape index (κ2) is 3.57. The van der Waals surface area contributed by atoms with Crippen molar-refractivity contribution in [1.29, 1.82) is 0 Å². The minimum Gasteiger partial charge on any atom is -0.497 e. The standard InChI is InChI=1S/C12H16N2O/c1-12(8-13-14(2)9-12)10-5-4-6-11(7-10)15-3/h4-8H,9H2,1-3H3. The van der Waals surface area contributed by atoms with Gasteiger partial charge in [0.2, 0.25) is 0 Å². The van der Waals surface area contributed by atoms with Crippen LogP contribution >= 0.6 is 0 Å². The van der Waals surface area contributed by atoms with Gasteiger partial charge in [-0.1, -0.05) is 12.1 Å². The molecule has 2 rings (SSSR count). The molecule has 0 saturated carbocycles. The fourth-order valence-electron chi connectivity index (χ4n) is 1.93. The quantitative estimate of drug-likeness (QED) is 0.734. The molecule has 0 bridgehead atoms. The molecule has 0 spiro atoms. The highest BCUT2D eigenvalue weighted by atomic mass is 16.5. The SMILES string of the molecule is COc1cccc(C2(C)C=NN(C)C2)c1. The zero-order valence-corrected chi connectivity index (χ0v) is 9.40. The van der Waals surface area contributed by atoms with Crippen molar-refractivity contribution in [3.8, 4) is 5.75 Å². The number of benzene rings is 1. The van der Waals surface area contributed by atoms with Crippen LogP contribution in [0.3, 0.4) is 0 Å². The molecule has 3 heteroatoms. The predicted octanol–water partition coefficient (Wildman–Crippen LogP) is 1.88. The Morgan fingerprint density at radius 1 is 1.47 bits per heavy atom. The van der Waals surface area contributed by atoms with Gasteiger partial charge in [-0.3, -0.25) is 5.01 Å². The van der Waals surface area contributed by atoms with E-state index in [1.807, 2.05) is 30.4 Å². The van der Waals surface area contributed by atoms with E-state index >= 15 is 0 Å². The Morgan fingerprint density at radius 2 is 2.27 bits per heavy atom. The number of hydrogen-bond acceptors (Lipinski definition) is 3. The Morgan fingerprint density at radius 3 is 2.87 bits per heavy atom. The third kappa shape index (κ3) is 1.82. The summed E-state index contributed by atoms with van der Waals surface area (Å²) in [6.45, 7) is 3.11. The van der Waals surface area contributed by atoms with Gasteiger partial charge in [-0.15, -0.1) is 0 Å². The van der Waals surface area contributed by atoms with Gasteiger partial charge in [-0.05, 0) is 24.6 Å². The predicted molar refractivity (Wildman–Crippen MR) is 61.5 cm³/mol. The van der Waals surface area contributed by atoms with Crippen molar-refractivity contribution in [3.63, 3.8) is 0 Å². The molecule has 0 aliphatic carbocycles. The summed E-state index contributed by atoms with van der Waals surface area (Å²) >= 11 is 0. The summed E-state index contributed by atoms with van der Waals surface area (Å²) in [5, 5.41) is 6.25. The molecule has 80 valence electrons. The molecule has 1 atom stereocenters. The van der Waals surface area contributed by atoms with Crippen LogP contribution in [0.4, 0.5) is 0 Å². The Balaban J connectivity index is 2.33. The lowest BCUT2D eigenvalue weighted by atomic mass is 9.84. The van der Waals surface area contributed by atoms with Gasteiger partial charge in [0.05, 0.1) is 13.7 Å². The maximum Gasteiger partial charge on any atom is 0.119 e. The number of likely N-dealkylation sites (N-methyl/N-ethyl adjacent to an activating group) is 1. The molecule has 0 aromatic heterocycles. The van der Waals surface area contributed by atoms with Crippen LogP contribution in [0.2, 0.25) is 0 Å². The topological polar surface area (TPSA) is 24.8 Å². The summed E-state index contributed by atoms with van der Waals surface area (Å²) in [6.07, 6.45) is 2.00. The Hall–Kier alpha value is -1.51. The van der Waals surface area contributed by atoms with Crippen LogP contribution < -0.4 is 4.74 Å². The number of methoxy groups -OCH3 is 1. The average Bonchev–Trinajstić information content (AvgIpc) is 2.60. The van der Waals surface area contributed by atoms with Gasteiger partial charge in [-0.25, -0.2) is 0 Å². The molecule has 0 radical (unpaired) electrons. The van der Waals surface area contributed by atoms with Crippen LogP contribution in [0.15, 0.2) is 29.4 Å². The van der Waals surface area contributed by atoms with E-state index in [2.05, 4.69) is 24.2 Å². The minimum absolute atomic E-state index is 0.00326. The van der Waals surface area contributed by atoms with E-state index in [0.717, 1.165) is 12.3 Å². The summed E-state index contributed by atoms with van der Waals surface area (Å²) in [4.78, 5) is 0. The first-order valence-corrected chi connectivity index (χ1v) is 5.05. The molecule has 1 unspecified atom stereocenters. The molecule has 15 heavy (non-hydrogen) atoms. The Kier molecular flexibility index (Phi) is 2.39. The van der Waals surface area contributed by atoms with Gasteiger partial charge in [0.25, 0.3) is 0 Å². The number of ether oxygens (including phenoxy) is 1. The molecule has 3 nitrogen and oxygen atoms in total. The van der Waals surface area contributed by atoms with E-state index in [-0.39, 0.29) is 5.41 Å². The number of hydrazone groups is 1. The van der Waals surface area contributed by atoms with Gasteiger partial charge in [0, 0.05) is 18.7 Å². The van der Waals surface area contributed by atoms with Gasteiger partial charge >= 0.3 is 0 Å². The zero-order valence-electron chi connectivity index (χ0n) is 9.40. The van der Waals surface area contributed by atoms with Crippen LogP contribution in [0, 0.1) is 0 Å². The molecule has 0 N–H and O–H groups in total. The molecule has 0 amide bonds. The van der Waals surface area contributed by atoms with Gasteiger partial charge in [0.1, 0.15) is 5.75 Å². The van der Waals surface area contributed by atoms with E-state index in [9.17, 15) is 0 Å². The van der Waals surface area contributed by atoms with E-state index in [4.69, 9.17) is 4.74 Å². The minimum atomic E-state index is 0.00326. The summed E-state index contributed by atoms with van der Waals surface area (Å²) in [7, 11) is 3.68. The summed E-state index contributed by atoms with van der Waals surface area (Å²) in [5.74, 6) is 0.900. The molecule has 1 aliphatic heterocycles. The maximum atomic E-state index is 5.23. The molecular formula is C12H16N2O. The van der Waals surface area contributed by atoms with Crippen molar-refractivity contribution in [3.05, 3.63) is 29.8 Å². The first-order chi connectivity index (χ1) is 7.14. The summed E-state index contributed by atoms with van der Waals surface area (Å²) < 4.78 is 5.23. The van der Waals surface area contributed by atoms with E-state index < -0.39 is 0 Å². The monoisotopic (exact) mass is 204 g/mol. The molecule has 1 aromatic rings. The lowest BCUT2D eigenvalue weighted by Crippen LogP contribution is -2.29. The number of hydrogen-bond donors (Lipinski definition) is 0. The average molecular weight is 204 g/mol. The second-order valence-electron chi connectivity index (χ2n) is 4.21. The first kappa shape index (κ1) is 10.0. The Bertz CT molecular complexity index is 389. The molecule has 1 aliphatic rings. The van der Waals surface area contributed by atoms with Crippen LogP contribution in [-0.2, 0) is 5.41 Å². The largest absolute Gasteiger partial charge is 0.497 e. The molecular weight excluding hydrogens is 188 g/mol. The van der Waals surface area contributed by atoms with Crippen molar-refractivity contribution in [2.75, 3.05) is 20.7 Å². The van der Waals surface area contributed by atoms with Crippen LogP contribution in [0.25, 0.3) is 0 Å². The normalized spacial score (nSPS) is 24.6. The highest BCUT2D eigenvalue weighted by molar-refractivity contribution is 5.75. The molecule has 1 aromatic carbocycles. The highest BCUT2D eigenvalue weighted by Gasteiger charge is 2.30. The van der Waals surface area contributed by atoms with Crippen molar-refractivity contribution < 1.29 is 4.74 Å². The molecule has 0 fully saturated rings. The lowest BCUT2D eigenvalue weighted by Gasteiger charge is -2.22. The zero-order chi connectivity index (χ0) is 10.9. The van der Waals surface area contributed by atoms with E-state index in [1.54, 1.807) is 7.11 Å². The third-order valence-electron chi connectivity index (χ3n) is 2.83. The second-order valence-corrected chi connectivity index (χ2v) is 4.21. The summed E-state index contributed by atoms with van der Waals surface area (Å²) in [5.41, 5.74) is 1.25. The van der Waals surface area contributed by atoms with E-state index in [1.165, 1.54) is 5.56 Å². The maximum absolute atomic E-state index is 5.23. The smallest absolute Gasteiger partial charge is 0.119 e. The van der Waals surface area contributed by atoms with Crippen LogP contribution in [0.5, 0.6) is 5.75 Å². The van der Waals surface area contributed by atoms with Crippen molar-refractivity contribution in [2.24, 2.45) is 5.10 Å². The van der Waals surface area contributed by atoms with Gasteiger partial charge in [0.15, 0.2) is 0 Å². The lowest BCUT2D eigenvalue weighted by molar-refractivity contribution is 0.348. The fraction of sp³-hybridized carbons (Fsp3) is 0.417. The number of nitrogens with zero attached hydrogens (tertiary/aromatic N) is 2. The molecule has 1 heterocycles. The molecule has 0 saturated heterocycles. The number of rotatable bonds is 2. The fourth-order valence-corrected chi connectivity index (χ4v) is 1.93. The van der Waals surface area contributed by atoms with Crippen molar-refractivity contribution in [1.82, 2.24) is 5.01 Å². The summed E-state index contributed by atoms with van der Waals surface area (Å²) in [6, 6.07) is 8.17. The van der Waals surface area contributed by atoms with Gasteiger partial charge < -0.3 is 4.74 Å². The Labute approximate surface area is 90.4 Å². The van der Waals surface area contributed by atoms with Crippen LogP contribution in [0.1, 0.15) is 12.5 Å². The van der Waals surface area contributed by atoms with Crippen molar-refractivity contribution >= 4 is 6.21 Å². The van der Waals surface area contributed by atoms with Gasteiger partial charge in [-0.2, -0.15) is 5.10 Å². The first-order valence-electron chi connectivity index (χ1n) is 5.05. The van der Waals surface area contributed by atoms with E-state index in [0.29, 0.717) is 0 Å². The van der Waals surface area contributed by atoms with Crippen LogP contribution in [-0.4, -0.2) is 31.9 Å². The third-order valence-corrected chi connectivity index (χ3v) is 2.83.